The molecule has 0 radical (unpaired) electrons. The first-order chi connectivity index (χ1) is 12.3. The van der Waals surface area contributed by atoms with E-state index in [2.05, 4.69) is 27.8 Å². The lowest BCUT2D eigenvalue weighted by Crippen LogP contribution is -2.44. The average molecular weight is 511 g/mol. The Morgan fingerprint density at radius 3 is 2.33 bits per heavy atom. The first-order valence-electron chi connectivity index (χ1n) is 8.88. The van der Waals surface area contributed by atoms with Gasteiger partial charge < -0.3 is 10.6 Å². The molecule has 4 unspecified atom stereocenters. The fraction of sp³-hybridized carbons (Fsp3) is 0.688. The van der Waals surface area contributed by atoms with Crippen molar-refractivity contribution in [3.63, 3.8) is 0 Å². The van der Waals surface area contributed by atoms with E-state index in [1.807, 2.05) is 6.92 Å². The summed E-state index contributed by atoms with van der Waals surface area (Å²) >= 11 is 0. The molecule has 2 amide bonds. The van der Waals surface area contributed by atoms with Gasteiger partial charge in [-0.1, -0.05) is 12.2 Å². The molecule has 1 aliphatic heterocycles. The van der Waals surface area contributed by atoms with Crippen LogP contribution in [0, 0.1) is 23.7 Å². The molecule has 2 aliphatic carbocycles. The number of imide groups is 1. The Labute approximate surface area is 176 Å². The average Bonchev–Trinajstić information content (AvgIpc) is 3.23. The lowest BCUT2D eigenvalue weighted by Gasteiger charge is -2.18. The maximum Gasteiger partial charge on any atom is 0.233 e. The van der Waals surface area contributed by atoms with Crippen molar-refractivity contribution in [2.45, 2.75) is 13.3 Å². The highest BCUT2D eigenvalue weighted by molar-refractivity contribution is 14.0. The lowest BCUT2D eigenvalue weighted by molar-refractivity contribution is -0.140. The van der Waals surface area contributed by atoms with Crippen molar-refractivity contribution in [3.8, 4) is 0 Å². The molecule has 4 N–H and O–H groups in total. The fourth-order valence-corrected chi connectivity index (χ4v) is 4.44. The summed E-state index contributed by atoms with van der Waals surface area (Å²) in [7, 11) is -3.56. The van der Waals surface area contributed by atoms with Gasteiger partial charge >= 0.3 is 0 Å². The van der Waals surface area contributed by atoms with Crippen molar-refractivity contribution in [3.05, 3.63) is 12.2 Å². The normalized spacial score (nSPS) is 29.1. The second-order valence-corrected chi connectivity index (χ2v) is 8.62. The van der Waals surface area contributed by atoms with Crippen molar-refractivity contribution >= 4 is 51.8 Å². The van der Waals surface area contributed by atoms with Crippen LogP contribution in [0.2, 0.25) is 0 Å². The molecule has 3 rings (SSSR count). The number of aliphatic imine (C=N–C) groups is 1. The van der Waals surface area contributed by atoms with Crippen LogP contribution in [0.15, 0.2) is 17.1 Å². The van der Waals surface area contributed by atoms with Crippen LogP contribution in [-0.4, -0.2) is 63.0 Å². The molecule has 0 aromatic rings. The summed E-state index contributed by atoms with van der Waals surface area (Å²) in [6.07, 6.45) is 5.06. The fourth-order valence-electron chi connectivity index (χ4n) is 4.10. The molecular weight excluding hydrogens is 485 g/mol. The molecule has 1 saturated heterocycles. The zero-order chi connectivity index (χ0) is 18.9. The minimum absolute atomic E-state index is 0. The van der Waals surface area contributed by atoms with Gasteiger partial charge in [0.1, 0.15) is 0 Å². The highest BCUT2D eigenvalue weighted by atomic mass is 127. The third-order valence-electron chi connectivity index (χ3n) is 5.18. The van der Waals surface area contributed by atoms with Gasteiger partial charge in [-0.05, 0) is 25.2 Å². The van der Waals surface area contributed by atoms with Crippen molar-refractivity contribution < 1.29 is 18.0 Å². The number of guanidine groups is 1. The van der Waals surface area contributed by atoms with Gasteiger partial charge in [0.15, 0.2) is 5.96 Å². The first-order valence-corrected chi connectivity index (χ1v) is 10.6. The summed E-state index contributed by atoms with van der Waals surface area (Å²) in [5, 5.41) is 11.0. The standard InChI is InChI=1S/C16H25N5O4S.HI/c1-2-18-16(20-6-8-26(17,24)25)19-5-7-21-14(22)12-10-3-4-11(9-10)13(12)15(21)23;/h3-4,10-13H,2,5-9H2,1H3,(H2,17,24,25)(H2,18,19,20);1H. The van der Waals surface area contributed by atoms with E-state index in [4.69, 9.17) is 5.14 Å². The number of hydrogen-bond donors (Lipinski definition) is 3. The number of carbonyl (C=O) groups excluding carboxylic acids is 2. The smallest absolute Gasteiger partial charge is 0.233 e. The second kappa shape index (κ2) is 8.86. The van der Waals surface area contributed by atoms with E-state index in [-0.39, 0.29) is 78.3 Å². The molecule has 3 aliphatic rings. The largest absolute Gasteiger partial charge is 0.357 e. The molecule has 0 aromatic carbocycles. The van der Waals surface area contributed by atoms with Gasteiger partial charge in [-0.2, -0.15) is 0 Å². The van der Waals surface area contributed by atoms with Gasteiger partial charge in [-0.3, -0.25) is 19.5 Å². The summed E-state index contributed by atoms with van der Waals surface area (Å²) in [4.78, 5) is 30.7. The summed E-state index contributed by atoms with van der Waals surface area (Å²) in [5.74, 6) is 0.0735. The Kier molecular flexibility index (Phi) is 7.25. The SMILES string of the molecule is CCNC(=NCCS(N)(=O)=O)NCCN1C(=O)C2C3C=CC(C3)C2C1=O.I. The third-order valence-corrected chi connectivity index (χ3v) is 5.93. The number of carbonyl (C=O) groups is 2. The highest BCUT2D eigenvalue weighted by Crippen LogP contribution is 2.52. The lowest BCUT2D eigenvalue weighted by atomic mass is 9.85. The maximum atomic E-state index is 12.6. The molecule has 152 valence electrons. The molecule has 0 spiro atoms. The molecule has 1 heterocycles. The zero-order valence-electron chi connectivity index (χ0n) is 15.1. The van der Waals surface area contributed by atoms with E-state index in [9.17, 15) is 18.0 Å². The van der Waals surface area contributed by atoms with Gasteiger partial charge in [0, 0.05) is 19.6 Å². The number of halogens is 1. The topological polar surface area (TPSA) is 134 Å². The number of allylic oxidation sites excluding steroid dienone is 2. The number of sulfonamides is 1. The number of amides is 2. The van der Waals surface area contributed by atoms with Crippen LogP contribution in [0.3, 0.4) is 0 Å². The number of rotatable bonds is 7. The molecule has 4 atom stereocenters. The maximum absolute atomic E-state index is 12.6. The van der Waals surface area contributed by atoms with Crippen molar-refractivity contribution in [1.29, 1.82) is 0 Å². The number of nitrogens with zero attached hydrogens (tertiary/aromatic N) is 2. The van der Waals surface area contributed by atoms with E-state index >= 15 is 0 Å². The molecule has 2 bridgehead atoms. The molecule has 27 heavy (non-hydrogen) atoms. The van der Waals surface area contributed by atoms with Crippen LogP contribution in [0.25, 0.3) is 0 Å². The predicted octanol–water partition coefficient (Wildman–Crippen LogP) is -0.745. The summed E-state index contributed by atoms with van der Waals surface area (Å²) in [6, 6.07) is 0. The van der Waals surface area contributed by atoms with Gasteiger partial charge in [-0.15, -0.1) is 24.0 Å². The number of fused-ring (bicyclic) bond motifs is 5. The van der Waals surface area contributed by atoms with Crippen molar-refractivity contribution in [2.75, 3.05) is 31.9 Å². The molecule has 11 heteroatoms. The molecule has 9 nitrogen and oxygen atoms in total. The molecule has 0 aromatic heterocycles. The second-order valence-electron chi connectivity index (χ2n) is 6.88. The minimum Gasteiger partial charge on any atom is -0.357 e. The van der Waals surface area contributed by atoms with E-state index in [0.29, 0.717) is 19.0 Å². The number of nitrogens with two attached hydrogens (primary N) is 1. The van der Waals surface area contributed by atoms with E-state index in [1.165, 1.54) is 4.90 Å². The molecule has 1 saturated carbocycles. The van der Waals surface area contributed by atoms with Crippen molar-refractivity contribution in [2.24, 2.45) is 33.8 Å². The minimum atomic E-state index is -3.56. The van der Waals surface area contributed by atoms with Crippen LogP contribution < -0.4 is 15.8 Å². The van der Waals surface area contributed by atoms with E-state index in [1.54, 1.807) is 0 Å². The van der Waals surface area contributed by atoms with Crippen LogP contribution in [0.5, 0.6) is 0 Å². The van der Waals surface area contributed by atoms with Crippen molar-refractivity contribution in [1.82, 2.24) is 15.5 Å². The molecular formula is C16H26IN5O4S. The zero-order valence-corrected chi connectivity index (χ0v) is 18.3. The van der Waals surface area contributed by atoms with Crippen LogP contribution in [-0.2, 0) is 19.6 Å². The summed E-state index contributed by atoms with van der Waals surface area (Å²) < 4.78 is 21.9. The number of primary sulfonamides is 1. The first kappa shape index (κ1) is 22.1. The summed E-state index contributed by atoms with van der Waals surface area (Å²) in [5.41, 5.74) is 0. The number of nitrogens with one attached hydrogen (secondary N) is 2. The quantitative estimate of drug-likeness (QED) is 0.136. The monoisotopic (exact) mass is 511 g/mol. The summed E-state index contributed by atoms with van der Waals surface area (Å²) in [6.45, 7) is 3.13. The number of hydrogen-bond acceptors (Lipinski definition) is 5. The Morgan fingerprint density at radius 1 is 1.22 bits per heavy atom. The van der Waals surface area contributed by atoms with Gasteiger partial charge in [-0.25, -0.2) is 13.6 Å². The van der Waals surface area contributed by atoms with Gasteiger partial charge in [0.05, 0.1) is 24.1 Å². The highest BCUT2D eigenvalue weighted by Gasteiger charge is 2.58. The Balaban J connectivity index is 0.00000261. The van der Waals surface area contributed by atoms with Gasteiger partial charge in [0.25, 0.3) is 0 Å². The van der Waals surface area contributed by atoms with E-state index < -0.39 is 10.0 Å². The number of likely N-dealkylation sites (tertiary alicyclic amines) is 1. The Hall–Kier alpha value is -1.21. The van der Waals surface area contributed by atoms with Crippen LogP contribution in [0.1, 0.15) is 13.3 Å². The van der Waals surface area contributed by atoms with E-state index in [0.717, 1.165) is 6.42 Å². The Morgan fingerprint density at radius 2 is 1.81 bits per heavy atom. The Bertz CT molecular complexity index is 724. The van der Waals surface area contributed by atoms with Gasteiger partial charge in [0.2, 0.25) is 21.8 Å². The van der Waals surface area contributed by atoms with Crippen LogP contribution >= 0.6 is 24.0 Å². The molecule has 2 fully saturated rings. The van der Waals surface area contributed by atoms with Crippen LogP contribution in [0.4, 0.5) is 0 Å². The predicted molar refractivity (Wildman–Crippen MR) is 112 cm³/mol. The third kappa shape index (κ3) is 4.80.